The Labute approximate surface area is 95.4 Å². The SMILES string of the molecule is CCC(NC1CCC(N(C)C)C1)C(C)C. The molecule has 15 heavy (non-hydrogen) atoms. The van der Waals surface area contributed by atoms with Crippen molar-refractivity contribution in [2.24, 2.45) is 5.92 Å². The Kier molecular flexibility index (Phi) is 5.07. The van der Waals surface area contributed by atoms with Gasteiger partial charge in [0, 0.05) is 18.1 Å². The van der Waals surface area contributed by atoms with E-state index in [1.165, 1.54) is 25.7 Å². The molecule has 1 aliphatic rings. The Morgan fingerprint density at radius 3 is 2.33 bits per heavy atom. The lowest BCUT2D eigenvalue weighted by Crippen LogP contribution is -2.40. The van der Waals surface area contributed by atoms with E-state index in [1.807, 2.05) is 0 Å². The molecule has 0 amide bonds. The normalized spacial score (nSPS) is 29.0. The van der Waals surface area contributed by atoms with Crippen molar-refractivity contribution in [3.63, 3.8) is 0 Å². The first-order chi connectivity index (χ1) is 7.04. The molecule has 0 radical (unpaired) electrons. The first-order valence-electron chi connectivity index (χ1n) is 6.47. The third kappa shape index (κ3) is 3.76. The lowest BCUT2D eigenvalue weighted by molar-refractivity contribution is 0.283. The molecule has 0 saturated heterocycles. The largest absolute Gasteiger partial charge is 0.311 e. The molecule has 0 bridgehead atoms. The summed E-state index contributed by atoms with van der Waals surface area (Å²) in [7, 11) is 4.40. The molecule has 90 valence electrons. The third-order valence-corrected chi connectivity index (χ3v) is 3.83. The molecule has 2 heteroatoms. The number of hydrogen-bond donors (Lipinski definition) is 1. The van der Waals surface area contributed by atoms with Gasteiger partial charge in [-0.1, -0.05) is 20.8 Å². The van der Waals surface area contributed by atoms with Gasteiger partial charge in [-0.2, -0.15) is 0 Å². The Hall–Kier alpha value is -0.0800. The lowest BCUT2D eigenvalue weighted by Gasteiger charge is -2.26. The van der Waals surface area contributed by atoms with E-state index in [0.29, 0.717) is 6.04 Å². The van der Waals surface area contributed by atoms with E-state index in [2.05, 4.69) is 45.1 Å². The van der Waals surface area contributed by atoms with Crippen molar-refractivity contribution >= 4 is 0 Å². The average molecular weight is 212 g/mol. The second kappa shape index (κ2) is 5.86. The van der Waals surface area contributed by atoms with Crippen LogP contribution in [0.3, 0.4) is 0 Å². The predicted molar refractivity (Wildman–Crippen MR) is 67.2 cm³/mol. The topological polar surface area (TPSA) is 15.3 Å². The predicted octanol–water partition coefficient (Wildman–Crippen LogP) is 2.49. The number of rotatable bonds is 5. The van der Waals surface area contributed by atoms with Crippen LogP contribution in [0.25, 0.3) is 0 Å². The van der Waals surface area contributed by atoms with E-state index >= 15 is 0 Å². The van der Waals surface area contributed by atoms with Gasteiger partial charge in [0.05, 0.1) is 0 Å². The first kappa shape index (κ1) is 13.0. The maximum Gasteiger partial charge on any atom is 0.0105 e. The summed E-state index contributed by atoms with van der Waals surface area (Å²) < 4.78 is 0. The van der Waals surface area contributed by atoms with Crippen molar-refractivity contribution < 1.29 is 0 Å². The number of nitrogens with one attached hydrogen (secondary N) is 1. The minimum absolute atomic E-state index is 0.705. The molecule has 1 saturated carbocycles. The van der Waals surface area contributed by atoms with Crippen LogP contribution < -0.4 is 5.32 Å². The molecule has 3 atom stereocenters. The maximum atomic E-state index is 3.82. The summed E-state index contributed by atoms with van der Waals surface area (Å²) >= 11 is 0. The van der Waals surface area contributed by atoms with Crippen LogP contribution in [0, 0.1) is 5.92 Å². The van der Waals surface area contributed by atoms with Crippen LogP contribution in [-0.2, 0) is 0 Å². The minimum atomic E-state index is 0.705. The summed E-state index contributed by atoms with van der Waals surface area (Å²) in [6, 6.07) is 2.26. The second-order valence-corrected chi connectivity index (χ2v) is 5.55. The minimum Gasteiger partial charge on any atom is -0.311 e. The smallest absolute Gasteiger partial charge is 0.0105 e. The standard InChI is InChI=1S/C13H28N2/c1-6-13(10(2)3)14-11-7-8-12(9-11)15(4)5/h10-14H,6-9H2,1-5H3. The van der Waals surface area contributed by atoms with Gasteiger partial charge in [-0.25, -0.2) is 0 Å². The summed E-state index contributed by atoms with van der Waals surface area (Å²) in [6.07, 6.45) is 5.29. The van der Waals surface area contributed by atoms with Crippen molar-refractivity contribution in [1.82, 2.24) is 10.2 Å². The zero-order valence-corrected chi connectivity index (χ0v) is 11.1. The average Bonchev–Trinajstić information content (AvgIpc) is 2.61. The van der Waals surface area contributed by atoms with E-state index in [1.54, 1.807) is 0 Å². The van der Waals surface area contributed by atoms with E-state index in [4.69, 9.17) is 0 Å². The quantitative estimate of drug-likeness (QED) is 0.753. The van der Waals surface area contributed by atoms with Crippen LogP contribution in [-0.4, -0.2) is 37.1 Å². The summed E-state index contributed by atoms with van der Waals surface area (Å²) in [4.78, 5) is 2.37. The van der Waals surface area contributed by atoms with Crippen LogP contribution in [0.15, 0.2) is 0 Å². The third-order valence-electron chi connectivity index (χ3n) is 3.83. The van der Waals surface area contributed by atoms with Crippen LogP contribution >= 0.6 is 0 Å². The zero-order chi connectivity index (χ0) is 11.4. The lowest BCUT2D eigenvalue weighted by atomic mass is 10.0. The summed E-state index contributed by atoms with van der Waals surface area (Å²) in [5.74, 6) is 0.758. The second-order valence-electron chi connectivity index (χ2n) is 5.55. The van der Waals surface area contributed by atoms with Gasteiger partial charge in [0.1, 0.15) is 0 Å². The van der Waals surface area contributed by atoms with Crippen molar-refractivity contribution in [3.05, 3.63) is 0 Å². The Bertz CT molecular complexity index is 177. The highest BCUT2D eigenvalue weighted by Gasteiger charge is 2.27. The fourth-order valence-electron chi connectivity index (χ4n) is 2.66. The van der Waals surface area contributed by atoms with Crippen molar-refractivity contribution in [3.8, 4) is 0 Å². The molecule has 0 spiro atoms. The number of hydrogen-bond acceptors (Lipinski definition) is 2. The van der Waals surface area contributed by atoms with Gasteiger partial charge in [0.25, 0.3) is 0 Å². The Morgan fingerprint density at radius 1 is 1.27 bits per heavy atom. The van der Waals surface area contributed by atoms with E-state index in [-0.39, 0.29) is 0 Å². The molecule has 1 N–H and O–H groups in total. The molecular formula is C13H28N2. The molecule has 2 nitrogen and oxygen atoms in total. The van der Waals surface area contributed by atoms with Crippen LogP contribution in [0.5, 0.6) is 0 Å². The van der Waals surface area contributed by atoms with E-state index in [9.17, 15) is 0 Å². The highest BCUT2D eigenvalue weighted by Crippen LogP contribution is 2.23. The summed E-state index contributed by atoms with van der Waals surface area (Å²) in [5.41, 5.74) is 0. The molecule has 1 aliphatic carbocycles. The summed E-state index contributed by atoms with van der Waals surface area (Å²) in [6.45, 7) is 6.93. The molecule has 0 aromatic heterocycles. The Balaban J connectivity index is 2.34. The molecule has 1 fully saturated rings. The highest BCUT2D eigenvalue weighted by molar-refractivity contribution is 4.87. The highest BCUT2D eigenvalue weighted by atomic mass is 15.1. The first-order valence-corrected chi connectivity index (χ1v) is 6.47. The molecule has 0 heterocycles. The monoisotopic (exact) mass is 212 g/mol. The van der Waals surface area contributed by atoms with Crippen LogP contribution in [0.1, 0.15) is 46.5 Å². The van der Waals surface area contributed by atoms with Gasteiger partial charge in [-0.3, -0.25) is 0 Å². The molecule has 3 unspecified atom stereocenters. The molecule has 0 aromatic carbocycles. The zero-order valence-electron chi connectivity index (χ0n) is 11.1. The van der Waals surface area contributed by atoms with Crippen LogP contribution in [0.4, 0.5) is 0 Å². The summed E-state index contributed by atoms with van der Waals surface area (Å²) in [5, 5.41) is 3.82. The van der Waals surface area contributed by atoms with Crippen molar-refractivity contribution in [2.45, 2.75) is 64.6 Å². The van der Waals surface area contributed by atoms with Crippen molar-refractivity contribution in [2.75, 3.05) is 14.1 Å². The number of nitrogens with zero attached hydrogens (tertiary/aromatic N) is 1. The molecule has 0 aliphatic heterocycles. The molecule has 1 rings (SSSR count). The van der Waals surface area contributed by atoms with Gasteiger partial charge in [-0.05, 0) is 45.7 Å². The van der Waals surface area contributed by atoms with E-state index < -0.39 is 0 Å². The fourth-order valence-corrected chi connectivity index (χ4v) is 2.66. The van der Waals surface area contributed by atoms with Gasteiger partial charge in [0.2, 0.25) is 0 Å². The molecular weight excluding hydrogens is 184 g/mol. The van der Waals surface area contributed by atoms with Crippen molar-refractivity contribution in [1.29, 1.82) is 0 Å². The molecule has 0 aromatic rings. The van der Waals surface area contributed by atoms with Gasteiger partial charge in [-0.15, -0.1) is 0 Å². The van der Waals surface area contributed by atoms with Gasteiger partial charge in [0.15, 0.2) is 0 Å². The van der Waals surface area contributed by atoms with Crippen LogP contribution in [0.2, 0.25) is 0 Å². The van der Waals surface area contributed by atoms with Gasteiger partial charge >= 0.3 is 0 Å². The van der Waals surface area contributed by atoms with E-state index in [0.717, 1.165) is 18.0 Å². The van der Waals surface area contributed by atoms with Gasteiger partial charge < -0.3 is 10.2 Å². The Morgan fingerprint density at radius 2 is 1.93 bits per heavy atom. The maximum absolute atomic E-state index is 3.82. The fraction of sp³-hybridized carbons (Fsp3) is 1.00.